The first-order valence-corrected chi connectivity index (χ1v) is 5.75. The highest BCUT2D eigenvalue weighted by Crippen LogP contribution is 2.25. The maximum Gasteiger partial charge on any atom is 0.326 e. The fourth-order valence-electron chi connectivity index (χ4n) is 2.19. The Morgan fingerprint density at radius 2 is 2.16 bits per heavy atom. The van der Waals surface area contributed by atoms with E-state index >= 15 is 0 Å². The first kappa shape index (κ1) is 13.0. The van der Waals surface area contributed by atoms with Crippen LogP contribution >= 0.6 is 0 Å². The molecule has 100 valence electrons. The molecule has 1 atom stereocenters. The summed E-state index contributed by atoms with van der Waals surface area (Å²) in [4.78, 5) is 34.2. The number of likely N-dealkylation sites (tertiary alicyclic amines) is 1. The molecule has 1 amide bonds. The minimum absolute atomic E-state index is 0.0487. The zero-order valence-corrected chi connectivity index (χ0v) is 9.98. The maximum atomic E-state index is 11.7. The largest absolute Gasteiger partial charge is 0.480 e. The van der Waals surface area contributed by atoms with Crippen molar-refractivity contribution in [2.24, 2.45) is 0 Å². The van der Waals surface area contributed by atoms with Crippen molar-refractivity contribution < 1.29 is 19.6 Å². The number of aliphatic carboxylic acids is 1. The first-order chi connectivity index (χ1) is 9.00. The molecule has 1 aromatic rings. The molecule has 0 spiro atoms. The number of carboxylic acids is 1. The Balaban J connectivity index is 2.27. The average Bonchev–Trinajstić information content (AvgIpc) is 2.72. The average molecular weight is 264 g/mol. The highest BCUT2D eigenvalue weighted by Gasteiger charge is 2.36. The van der Waals surface area contributed by atoms with Crippen molar-refractivity contribution >= 4 is 17.6 Å². The summed E-state index contributed by atoms with van der Waals surface area (Å²) in [5, 5.41) is 19.9. The summed E-state index contributed by atoms with van der Waals surface area (Å²) in [6.45, 7) is -0.0487. The van der Waals surface area contributed by atoms with Crippen molar-refractivity contribution in [3.63, 3.8) is 0 Å². The zero-order chi connectivity index (χ0) is 14.0. The molecule has 1 N–H and O–H groups in total. The number of nitrogens with zero attached hydrogens (tertiary/aromatic N) is 2. The first-order valence-electron chi connectivity index (χ1n) is 5.75. The van der Waals surface area contributed by atoms with Crippen LogP contribution in [0.5, 0.6) is 0 Å². The molecule has 7 heteroatoms. The molecule has 1 aliphatic rings. The van der Waals surface area contributed by atoms with Crippen LogP contribution < -0.4 is 0 Å². The van der Waals surface area contributed by atoms with Crippen molar-refractivity contribution in [1.29, 1.82) is 0 Å². The van der Waals surface area contributed by atoms with E-state index in [1.54, 1.807) is 6.07 Å². The highest BCUT2D eigenvalue weighted by atomic mass is 16.6. The SMILES string of the molecule is O=C(O)[C@@H]1CCC(=O)N1Cc1ccccc1[N+](=O)[O-]. The molecule has 19 heavy (non-hydrogen) atoms. The number of nitro groups is 1. The van der Waals surface area contributed by atoms with Crippen LogP contribution in [0, 0.1) is 10.1 Å². The van der Waals surface area contributed by atoms with Gasteiger partial charge < -0.3 is 10.0 Å². The Bertz CT molecular complexity index is 543. The fraction of sp³-hybridized carbons (Fsp3) is 0.333. The Kier molecular flexibility index (Phi) is 3.46. The van der Waals surface area contributed by atoms with Gasteiger partial charge in [-0.3, -0.25) is 14.9 Å². The topological polar surface area (TPSA) is 101 Å². The van der Waals surface area contributed by atoms with Gasteiger partial charge in [0.25, 0.3) is 5.69 Å². The van der Waals surface area contributed by atoms with Crippen molar-refractivity contribution in [3.05, 3.63) is 39.9 Å². The summed E-state index contributed by atoms with van der Waals surface area (Å²) >= 11 is 0. The molecule has 1 fully saturated rings. The summed E-state index contributed by atoms with van der Waals surface area (Å²) in [6, 6.07) is 5.13. The van der Waals surface area contributed by atoms with Crippen LogP contribution in [-0.4, -0.2) is 32.8 Å². The van der Waals surface area contributed by atoms with E-state index < -0.39 is 16.9 Å². The quantitative estimate of drug-likeness (QED) is 0.649. The number of amides is 1. The van der Waals surface area contributed by atoms with Crippen LogP contribution in [0.25, 0.3) is 0 Å². The molecule has 0 saturated carbocycles. The van der Waals surface area contributed by atoms with Gasteiger partial charge in [0.2, 0.25) is 5.91 Å². The number of para-hydroxylation sites is 1. The van der Waals surface area contributed by atoms with Crippen LogP contribution in [0.2, 0.25) is 0 Å². The van der Waals surface area contributed by atoms with Gasteiger partial charge in [0, 0.05) is 18.1 Å². The van der Waals surface area contributed by atoms with E-state index in [0.29, 0.717) is 5.56 Å². The molecule has 1 aromatic carbocycles. The Hall–Kier alpha value is -2.44. The maximum absolute atomic E-state index is 11.7. The van der Waals surface area contributed by atoms with Crippen molar-refractivity contribution in [2.75, 3.05) is 0 Å². The lowest BCUT2D eigenvalue weighted by atomic mass is 10.1. The second-order valence-electron chi connectivity index (χ2n) is 4.30. The van der Waals surface area contributed by atoms with E-state index in [9.17, 15) is 19.7 Å². The summed E-state index contributed by atoms with van der Waals surface area (Å²) in [5.74, 6) is -1.37. The Labute approximate surface area is 108 Å². The number of carbonyl (C=O) groups excluding carboxylic acids is 1. The minimum atomic E-state index is -1.08. The van der Waals surface area contributed by atoms with Crippen LogP contribution in [0.3, 0.4) is 0 Å². The van der Waals surface area contributed by atoms with Gasteiger partial charge in [-0.05, 0) is 6.42 Å². The zero-order valence-electron chi connectivity index (χ0n) is 9.98. The van der Waals surface area contributed by atoms with Crippen LogP contribution in [0.15, 0.2) is 24.3 Å². The third kappa shape index (κ3) is 2.54. The number of hydrogen-bond donors (Lipinski definition) is 1. The van der Waals surface area contributed by atoms with Gasteiger partial charge in [-0.2, -0.15) is 0 Å². The molecule has 1 heterocycles. The van der Waals surface area contributed by atoms with E-state index in [1.807, 2.05) is 0 Å². The van der Waals surface area contributed by atoms with Crippen LogP contribution in [0.4, 0.5) is 5.69 Å². The van der Waals surface area contributed by atoms with E-state index in [0.717, 1.165) is 0 Å². The highest BCUT2D eigenvalue weighted by molar-refractivity contribution is 5.87. The van der Waals surface area contributed by atoms with Gasteiger partial charge in [0.1, 0.15) is 6.04 Å². The second-order valence-corrected chi connectivity index (χ2v) is 4.30. The molecule has 0 aliphatic carbocycles. The van der Waals surface area contributed by atoms with E-state index in [4.69, 9.17) is 5.11 Å². The van der Waals surface area contributed by atoms with Crippen molar-refractivity contribution in [2.45, 2.75) is 25.4 Å². The molecule has 0 bridgehead atoms. The standard InChI is InChI=1S/C12H12N2O5/c15-11-6-5-10(12(16)17)13(11)7-8-3-1-2-4-9(8)14(18)19/h1-4,10H,5-7H2,(H,16,17)/t10-/m0/s1. The van der Waals surface area contributed by atoms with Crippen molar-refractivity contribution in [3.8, 4) is 0 Å². The molecule has 1 saturated heterocycles. The Morgan fingerprint density at radius 3 is 2.79 bits per heavy atom. The number of hydrogen-bond acceptors (Lipinski definition) is 4. The van der Waals surface area contributed by atoms with E-state index in [-0.39, 0.29) is 31.0 Å². The van der Waals surface area contributed by atoms with Gasteiger partial charge in [-0.15, -0.1) is 0 Å². The molecule has 2 rings (SSSR count). The summed E-state index contributed by atoms with van der Waals surface area (Å²) in [5.41, 5.74) is 0.236. The molecular formula is C12H12N2O5. The van der Waals surface area contributed by atoms with Gasteiger partial charge in [-0.1, -0.05) is 18.2 Å². The van der Waals surface area contributed by atoms with E-state index in [1.165, 1.54) is 23.1 Å². The van der Waals surface area contributed by atoms with Crippen LogP contribution in [0.1, 0.15) is 18.4 Å². The van der Waals surface area contributed by atoms with E-state index in [2.05, 4.69) is 0 Å². The van der Waals surface area contributed by atoms with Crippen LogP contribution in [-0.2, 0) is 16.1 Å². The number of nitro benzene ring substituents is 1. The predicted octanol–water partition coefficient (Wildman–Crippen LogP) is 1.17. The smallest absolute Gasteiger partial charge is 0.326 e. The lowest BCUT2D eigenvalue weighted by Gasteiger charge is -2.21. The van der Waals surface area contributed by atoms with Gasteiger partial charge in [-0.25, -0.2) is 4.79 Å². The lowest BCUT2D eigenvalue weighted by molar-refractivity contribution is -0.385. The van der Waals surface area contributed by atoms with Gasteiger partial charge in [0.15, 0.2) is 0 Å². The summed E-state index contributed by atoms with van der Waals surface area (Å²) in [7, 11) is 0. The normalized spacial score (nSPS) is 18.6. The van der Waals surface area contributed by atoms with Gasteiger partial charge >= 0.3 is 5.97 Å². The molecule has 7 nitrogen and oxygen atoms in total. The molecule has 0 aromatic heterocycles. The van der Waals surface area contributed by atoms with Gasteiger partial charge in [0.05, 0.1) is 11.5 Å². The number of carboxylic acid groups (broad SMARTS) is 1. The monoisotopic (exact) mass is 264 g/mol. The Morgan fingerprint density at radius 1 is 1.47 bits per heavy atom. The third-order valence-corrected chi connectivity index (χ3v) is 3.14. The summed E-state index contributed by atoms with van der Waals surface area (Å²) < 4.78 is 0. The molecular weight excluding hydrogens is 252 g/mol. The summed E-state index contributed by atoms with van der Waals surface area (Å²) in [6.07, 6.45) is 0.409. The predicted molar refractivity (Wildman–Crippen MR) is 64.3 cm³/mol. The fourth-order valence-corrected chi connectivity index (χ4v) is 2.19. The molecule has 0 unspecified atom stereocenters. The number of benzene rings is 1. The molecule has 0 radical (unpaired) electrons. The third-order valence-electron chi connectivity index (χ3n) is 3.14. The minimum Gasteiger partial charge on any atom is -0.480 e. The second kappa shape index (κ2) is 5.05. The number of carbonyl (C=O) groups is 2. The number of rotatable bonds is 4. The lowest BCUT2D eigenvalue weighted by Crippen LogP contribution is -2.38. The van der Waals surface area contributed by atoms with Crippen molar-refractivity contribution in [1.82, 2.24) is 4.90 Å². The molecule has 1 aliphatic heterocycles.